The van der Waals surface area contributed by atoms with Crippen LogP contribution in [0.5, 0.6) is 0 Å². The van der Waals surface area contributed by atoms with Gasteiger partial charge in [0.15, 0.2) is 38.1 Å². The number of hydrogen-bond acceptors (Lipinski definition) is 10. The summed E-state index contributed by atoms with van der Waals surface area (Å²) >= 11 is 0. The van der Waals surface area contributed by atoms with Crippen LogP contribution in [0.3, 0.4) is 0 Å². The van der Waals surface area contributed by atoms with Gasteiger partial charge in [0.05, 0.1) is 5.25 Å². The van der Waals surface area contributed by atoms with Crippen molar-refractivity contribution >= 4 is 36.5 Å². The number of primary sulfonamides is 1. The first-order chi connectivity index (χ1) is 19.5. The lowest BCUT2D eigenvalue weighted by Crippen LogP contribution is -2.46. The van der Waals surface area contributed by atoms with Gasteiger partial charge in [0.25, 0.3) is 0 Å². The highest BCUT2D eigenvalue weighted by molar-refractivity contribution is 7.91. The maximum Gasteiger partial charge on any atom is 0.214 e. The molecule has 2 aromatic rings. The number of sulfone groups is 1. The van der Waals surface area contributed by atoms with Crippen LogP contribution in [0.1, 0.15) is 90.4 Å². The summed E-state index contributed by atoms with van der Waals surface area (Å²) in [7, 11) is -11.4. The molecule has 0 fully saturated rings. The van der Waals surface area contributed by atoms with Crippen molar-refractivity contribution in [3.05, 3.63) is 47.6 Å². The van der Waals surface area contributed by atoms with Gasteiger partial charge in [-0.05, 0) is 75.1 Å². The van der Waals surface area contributed by atoms with Crippen molar-refractivity contribution in [2.45, 2.75) is 128 Å². The van der Waals surface area contributed by atoms with Crippen LogP contribution < -0.4 is 5.14 Å². The third-order valence-electron chi connectivity index (χ3n) is 8.61. The molecule has 11 nitrogen and oxygen atoms in total. The standard InChI is InChI=1S/C15H28N2O3SSi.C14H27N3O3SSi/c1-11-9-16-14(17-10-11)13(12(2)21(6,18)19)20-22(7,8)15(3,4)5;1-10-8-16-13(17-9-10)12(11(2)21(15,18)19)20-22(6,7)14(3,4)5/h9-10,12-13H,1-8H3;8-9,11-12H,1-7H3,(H2,15,18,19)/t12-,13-;11-,12-/m00/s1. The van der Waals surface area contributed by atoms with Crippen LogP contribution >= 0.6 is 0 Å². The Balaban J connectivity index is 0.000000440. The molecule has 0 radical (unpaired) electrons. The second-order valence-electron chi connectivity index (χ2n) is 14.7. The van der Waals surface area contributed by atoms with E-state index in [-0.39, 0.29) is 10.1 Å². The van der Waals surface area contributed by atoms with E-state index < -0.39 is 59.2 Å². The molecule has 2 N–H and O–H groups in total. The van der Waals surface area contributed by atoms with Gasteiger partial charge in [0, 0.05) is 31.0 Å². The quantitative estimate of drug-likeness (QED) is 0.301. The summed E-state index contributed by atoms with van der Waals surface area (Å²) in [5.74, 6) is 0.797. The molecular formula is C29H55N5O6S2Si2. The van der Waals surface area contributed by atoms with Crippen LogP contribution in [0.4, 0.5) is 0 Å². The number of sulfonamides is 1. The highest BCUT2D eigenvalue weighted by Gasteiger charge is 2.44. The maximum atomic E-state index is 12.0. The minimum atomic E-state index is -3.76. The number of nitrogens with zero attached hydrogens (tertiary/aromatic N) is 4. The van der Waals surface area contributed by atoms with E-state index in [2.05, 4.69) is 87.7 Å². The summed E-state index contributed by atoms with van der Waals surface area (Å²) in [5.41, 5.74) is 1.83. The number of hydrogen-bond donors (Lipinski definition) is 1. The van der Waals surface area contributed by atoms with Crippen molar-refractivity contribution in [1.29, 1.82) is 0 Å². The van der Waals surface area contributed by atoms with E-state index in [0.717, 1.165) is 11.1 Å². The summed E-state index contributed by atoms with van der Waals surface area (Å²) < 4.78 is 60.3. The van der Waals surface area contributed by atoms with Crippen LogP contribution in [0.15, 0.2) is 24.8 Å². The van der Waals surface area contributed by atoms with E-state index in [1.807, 2.05) is 13.8 Å². The van der Waals surface area contributed by atoms with Crippen molar-refractivity contribution in [3.8, 4) is 0 Å². The summed E-state index contributed by atoms with van der Waals surface area (Å²) in [5, 5.41) is 3.64. The Hall–Kier alpha value is -1.63. The Labute approximate surface area is 268 Å². The lowest BCUT2D eigenvalue weighted by molar-refractivity contribution is 0.172. The van der Waals surface area contributed by atoms with Gasteiger partial charge < -0.3 is 8.85 Å². The van der Waals surface area contributed by atoms with Gasteiger partial charge in [0.1, 0.15) is 17.5 Å². The molecule has 44 heavy (non-hydrogen) atoms. The summed E-state index contributed by atoms with van der Waals surface area (Å²) in [6, 6.07) is 0. The molecule has 0 saturated heterocycles. The Morgan fingerprint density at radius 1 is 0.659 bits per heavy atom. The zero-order valence-electron chi connectivity index (χ0n) is 29.3. The van der Waals surface area contributed by atoms with Crippen LogP contribution in [0.25, 0.3) is 0 Å². The first-order valence-electron chi connectivity index (χ1n) is 14.6. The van der Waals surface area contributed by atoms with Gasteiger partial charge in [-0.1, -0.05) is 41.5 Å². The molecule has 0 bridgehead atoms. The van der Waals surface area contributed by atoms with Crippen molar-refractivity contribution in [1.82, 2.24) is 19.9 Å². The van der Waals surface area contributed by atoms with Crippen molar-refractivity contribution in [2.75, 3.05) is 6.26 Å². The first kappa shape index (κ1) is 40.4. The first-order valence-corrected chi connectivity index (χ1v) is 24.0. The molecule has 252 valence electrons. The fourth-order valence-electron chi connectivity index (χ4n) is 3.20. The Kier molecular flexibility index (Phi) is 13.2. The molecular weight excluding hydrogens is 635 g/mol. The SMILES string of the molecule is Cc1cnc([C@@H](O[Si](C)(C)C(C)(C)C)[C@H](C)S(C)(=O)=O)nc1.Cc1cnc([C@@H](O[Si](C)(C)C(C)(C)C)[C@H](C)S(N)(=O)=O)nc1. The molecule has 0 aliphatic rings. The molecule has 0 aliphatic carbocycles. The number of rotatable bonds is 10. The second-order valence-corrected chi connectivity index (χ2v) is 28.5. The molecule has 15 heteroatoms. The Morgan fingerprint density at radius 2 is 0.932 bits per heavy atom. The van der Waals surface area contributed by atoms with E-state index in [1.165, 1.54) is 13.2 Å². The highest BCUT2D eigenvalue weighted by atomic mass is 32.2. The molecule has 0 amide bonds. The Bertz CT molecular complexity index is 1330. The topological polar surface area (TPSA) is 164 Å². The van der Waals surface area contributed by atoms with Crippen LogP contribution in [-0.4, -0.2) is 70.2 Å². The largest absolute Gasteiger partial charge is 0.405 e. The van der Waals surface area contributed by atoms with Gasteiger partial charge in [-0.3, -0.25) is 0 Å². The average molecular weight is 690 g/mol. The minimum absolute atomic E-state index is 0.0207. The highest BCUT2D eigenvalue weighted by Crippen LogP contribution is 2.42. The van der Waals surface area contributed by atoms with Crippen LogP contribution in [0, 0.1) is 13.8 Å². The monoisotopic (exact) mass is 689 g/mol. The van der Waals surface area contributed by atoms with E-state index in [4.69, 9.17) is 14.0 Å². The molecule has 0 spiro atoms. The van der Waals surface area contributed by atoms with E-state index in [9.17, 15) is 16.8 Å². The number of aromatic nitrogens is 4. The molecule has 2 aromatic heterocycles. The van der Waals surface area contributed by atoms with Gasteiger partial charge in [-0.25, -0.2) is 41.9 Å². The van der Waals surface area contributed by atoms with Crippen molar-refractivity contribution < 1.29 is 25.7 Å². The minimum Gasteiger partial charge on any atom is -0.405 e. The second kappa shape index (κ2) is 14.4. The van der Waals surface area contributed by atoms with Gasteiger partial charge >= 0.3 is 0 Å². The maximum absolute atomic E-state index is 12.0. The van der Waals surface area contributed by atoms with E-state index >= 15 is 0 Å². The molecule has 0 unspecified atom stereocenters. The Morgan fingerprint density at radius 3 is 1.16 bits per heavy atom. The fraction of sp³-hybridized carbons (Fsp3) is 0.724. The molecule has 0 saturated carbocycles. The summed E-state index contributed by atoms with van der Waals surface area (Å²) in [6.45, 7) is 27.9. The van der Waals surface area contributed by atoms with Gasteiger partial charge in [0.2, 0.25) is 10.0 Å². The van der Waals surface area contributed by atoms with Crippen LogP contribution in [-0.2, 0) is 28.7 Å². The molecule has 4 atom stereocenters. The zero-order chi connectivity index (χ0) is 34.7. The lowest BCUT2D eigenvalue weighted by atomic mass is 10.2. The molecule has 2 heterocycles. The number of nitrogens with two attached hydrogens (primary N) is 1. The van der Waals surface area contributed by atoms with Gasteiger partial charge in [-0.15, -0.1) is 0 Å². The fourth-order valence-corrected chi connectivity index (χ4v) is 7.14. The predicted octanol–water partition coefficient (Wildman–Crippen LogP) is 5.81. The lowest BCUT2D eigenvalue weighted by Gasteiger charge is -2.40. The molecule has 0 aromatic carbocycles. The van der Waals surface area contributed by atoms with Crippen molar-refractivity contribution in [2.24, 2.45) is 5.14 Å². The summed E-state index contributed by atoms with van der Waals surface area (Å²) in [6.07, 6.45) is 6.51. The van der Waals surface area contributed by atoms with Gasteiger partial charge in [-0.2, -0.15) is 0 Å². The smallest absolute Gasteiger partial charge is 0.214 e. The third kappa shape index (κ3) is 11.3. The molecule has 2 rings (SSSR count). The van der Waals surface area contributed by atoms with Crippen molar-refractivity contribution in [3.63, 3.8) is 0 Å². The van der Waals surface area contributed by atoms with Crippen LogP contribution in [0.2, 0.25) is 36.3 Å². The summed E-state index contributed by atoms with van der Waals surface area (Å²) in [4.78, 5) is 17.1. The average Bonchev–Trinajstić information content (AvgIpc) is 2.84. The zero-order valence-corrected chi connectivity index (χ0v) is 32.9. The molecule has 0 aliphatic heterocycles. The van der Waals surface area contributed by atoms with E-state index in [0.29, 0.717) is 11.6 Å². The number of aryl methyl sites for hydroxylation is 2. The predicted molar refractivity (Wildman–Crippen MR) is 182 cm³/mol. The third-order valence-corrected chi connectivity index (χ3v) is 20.4. The van der Waals surface area contributed by atoms with E-state index in [1.54, 1.807) is 31.7 Å². The normalized spacial score (nSPS) is 16.4.